The van der Waals surface area contributed by atoms with Crippen LogP contribution < -0.4 is 15.0 Å². The van der Waals surface area contributed by atoms with E-state index < -0.39 is 5.91 Å². The van der Waals surface area contributed by atoms with Crippen LogP contribution in [-0.4, -0.2) is 13.0 Å². The maximum atomic E-state index is 11.2. The number of nitrogens with zero attached hydrogens (tertiary/aromatic N) is 1. The summed E-state index contributed by atoms with van der Waals surface area (Å²) in [6.07, 6.45) is 1.78. The number of ether oxygens (including phenoxy) is 1. The number of carbonyl (C=O) groups is 1. The third-order valence-electron chi connectivity index (χ3n) is 3.05. The fraction of sp³-hybridized carbons (Fsp3) is 0.200. The van der Waals surface area contributed by atoms with Crippen LogP contribution in [0.2, 0.25) is 0 Å². The van der Waals surface area contributed by atoms with Crippen LogP contribution in [0.1, 0.15) is 21.6 Å². The lowest BCUT2D eigenvalue weighted by Crippen LogP contribution is -2.38. The Kier molecular flexibility index (Phi) is 3.80. The number of nitrogens with two attached hydrogens (primary N) is 1. The molecule has 2 rings (SSSR count). The highest BCUT2D eigenvalue weighted by molar-refractivity contribution is 5.92. The summed E-state index contributed by atoms with van der Waals surface area (Å²) >= 11 is 0. The summed E-state index contributed by atoms with van der Waals surface area (Å²) < 4.78 is 7.13. The van der Waals surface area contributed by atoms with E-state index in [0.29, 0.717) is 12.1 Å². The van der Waals surface area contributed by atoms with Gasteiger partial charge in [0.25, 0.3) is 5.91 Å². The summed E-state index contributed by atoms with van der Waals surface area (Å²) in [4.78, 5) is 11.2. The van der Waals surface area contributed by atoms with Gasteiger partial charge in [-0.25, -0.2) is 0 Å². The van der Waals surface area contributed by atoms with Gasteiger partial charge in [-0.2, -0.15) is 4.57 Å². The average molecular weight is 257 g/mol. The molecule has 2 aromatic rings. The Balaban J connectivity index is 2.26. The molecule has 2 N–H and O–H groups in total. The van der Waals surface area contributed by atoms with Gasteiger partial charge in [0, 0.05) is 18.6 Å². The van der Waals surface area contributed by atoms with E-state index in [4.69, 9.17) is 10.5 Å². The number of methoxy groups -OCH3 is 1. The Bertz CT molecular complexity index is 592. The lowest BCUT2D eigenvalue weighted by atomic mass is 10.2. The molecule has 1 aromatic carbocycles. The molecule has 0 spiro atoms. The van der Waals surface area contributed by atoms with Crippen molar-refractivity contribution in [3.8, 4) is 5.75 Å². The average Bonchev–Trinajstić information content (AvgIpc) is 2.42. The zero-order chi connectivity index (χ0) is 13.8. The van der Waals surface area contributed by atoms with Gasteiger partial charge in [-0.05, 0) is 30.3 Å². The molecule has 0 saturated carbocycles. The van der Waals surface area contributed by atoms with Crippen LogP contribution in [0.25, 0.3) is 0 Å². The van der Waals surface area contributed by atoms with E-state index in [0.717, 1.165) is 17.0 Å². The molecule has 0 radical (unpaired) electrons. The van der Waals surface area contributed by atoms with Gasteiger partial charge >= 0.3 is 0 Å². The highest BCUT2D eigenvalue weighted by Crippen LogP contribution is 2.11. The largest absolute Gasteiger partial charge is 0.497 e. The first kappa shape index (κ1) is 13.1. The molecule has 4 heteroatoms. The van der Waals surface area contributed by atoms with E-state index in [1.165, 1.54) is 0 Å². The van der Waals surface area contributed by atoms with Crippen LogP contribution in [0.4, 0.5) is 0 Å². The molecule has 0 fully saturated rings. The first-order valence-electron chi connectivity index (χ1n) is 6.03. The molecule has 1 aromatic heterocycles. The topological polar surface area (TPSA) is 56.2 Å². The van der Waals surface area contributed by atoms with Gasteiger partial charge < -0.3 is 10.5 Å². The molecule has 19 heavy (non-hydrogen) atoms. The molecule has 1 heterocycles. The SMILES string of the molecule is COc1ccc(C[n+]2cc(C(N)=O)ccc2C)cc1. The van der Waals surface area contributed by atoms with E-state index in [1.54, 1.807) is 19.4 Å². The van der Waals surface area contributed by atoms with E-state index in [-0.39, 0.29) is 0 Å². The first-order valence-corrected chi connectivity index (χ1v) is 6.03. The Morgan fingerprint density at radius 1 is 1.21 bits per heavy atom. The van der Waals surface area contributed by atoms with Crippen LogP contribution in [0, 0.1) is 6.92 Å². The monoisotopic (exact) mass is 257 g/mol. The number of hydrogen-bond donors (Lipinski definition) is 1. The minimum absolute atomic E-state index is 0.413. The number of pyridine rings is 1. The predicted octanol–water partition coefficient (Wildman–Crippen LogP) is 1.44. The second-order valence-electron chi connectivity index (χ2n) is 4.40. The summed E-state index contributed by atoms with van der Waals surface area (Å²) in [6.45, 7) is 2.69. The van der Waals surface area contributed by atoms with Gasteiger partial charge in [0.05, 0.1) is 7.11 Å². The van der Waals surface area contributed by atoms with Gasteiger partial charge in [0.2, 0.25) is 0 Å². The molecule has 0 aliphatic carbocycles. The van der Waals surface area contributed by atoms with Crippen LogP contribution >= 0.6 is 0 Å². The van der Waals surface area contributed by atoms with Crippen molar-refractivity contribution < 1.29 is 14.1 Å². The minimum atomic E-state index is -0.413. The fourth-order valence-corrected chi connectivity index (χ4v) is 1.86. The van der Waals surface area contributed by atoms with Crippen LogP contribution in [-0.2, 0) is 6.54 Å². The van der Waals surface area contributed by atoms with Crippen molar-refractivity contribution in [1.82, 2.24) is 0 Å². The third kappa shape index (κ3) is 3.10. The van der Waals surface area contributed by atoms with Crippen LogP contribution in [0.5, 0.6) is 5.75 Å². The predicted molar refractivity (Wildman–Crippen MR) is 72.0 cm³/mol. The molecule has 1 amide bonds. The van der Waals surface area contributed by atoms with E-state index in [2.05, 4.69) is 0 Å². The van der Waals surface area contributed by atoms with Crippen LogP contribution in [0.15, 0.2) is 42.6 Å². The Hall–Kier alpha value is -2.36. The van der Waals surface area contributed by atoms with Gasteiger partial charge in [0.15, 0.2) is 18.4 Å². The lowest BCUT2D eigenvalue weighted by Gasteiger charge is -2.04. The number of hydrogen-bond acceptors (Lipinski definition) is 2. The summed E-state index contributed by atoms with van der Waals surface area (Å²) in [7, 11) is 1.64. The van der Waals surface area contributed by atoms with Gasteiger partial charge in [0.1, 0.15) is 11.3 Å². The number of benzene rings is 1. The van der Waals surface area contributed by atoms with Crippen molar-refractivity contribution in [2.75, 3.05) is 7.11 Å². The molecule has 0 aliphatic heterocycles. The van der Waals surface area contributed by atoms with E-state index in [1.807, 2.05) is 41.8 Å². The number of carbonyl (C=O) groups excluding carboxylic acids is 1. The molecule has 98 valence electrons. The quantitative estimate of drug-likeness (QED) is 0.843. The number of primary amides is 1. The molecule has 0 atom stereocenters. The number of aryl methyl sites for hydroxylation is 1. The first-order chi connectivity index (χ1) is 9.10. The Morgan fingerprint density at radius 2 is 1.89 bits per heavy atom. The van der Waals surface area contributed by atoms with Gasteiger partial charge in [-0.1, -0.05) is 0 Å². The normalized spacial score (nSPS) is 10.2. The van der Waals surface area contributed by atoms with Crippen molar-refractivity contribution in [2.45, 2.75) is 13.5 Å². The van der Waals surface area contributed by atoms with Crippen LogP contribution in [0.3, 0.4) is 0 Å². The standard InChI is InChI=1S/C15H16N2O2/c1-11-3-6-13(15(16)18)10-17(11)9-12-4-7-14(19-2)8-5-12/h3-8,10H,9H2,1-2H3,(H-,16,18)/p+1. The summed E-state index contributed by atoms with van der Waals surface area (Å²) in [5.74, 6) is 0.417. The second-order valence-corrected chi connectivity index (χ2v) is 4.40. The molecule has 0 saturated heterocycles. The van der Waals surface area contributed by atoms with Crippen molar-refractivity contribution >= 4 is 5.91 Å². The van der Waals surface area contributed by atoms with Crippen molar-refractivity contribution in [3.63, 3.8) is 0 Å². The third-order valence-corrected chi connectivity index (χ3v) is 3.05. The highest BCUT2D eigenvalue weighted by Gasteiger charge is 2.11. The number of rotatable bonds is 4. The fourth-order valence-electron chi connectivity index (χ4n) is 1.86. The molecule has 0 bridgehead atoms. The lowest BCUT2D eigenvalue weighted by molar-refractivity contribution is -0.694. The Labute approximate surface area is 112 Å². The number of aromatic nitrogens is 1. The van der Waals surface area contributed by atoms with Gasteiger partial charge in [-0.15, -0.1) is 0 Å². The molecule has 0 aliphatic rings. The molecular formula is C15H17N2O2+. The van der Waals surface area contributed by atoms with Gasteiger partial charge in [-0.3, -0.25) is 4.79 Å². The zero-order valence-corrected chi connectivity index (χ0v) is 11.1. The molecule has 4 nitrogen and oxygen atoms in total. The van der Waals surface area contributed by atoms with Crippen molar-refractivity contribution in [1.29, 1.82) is 0 Å². The maximum Gasteiger partial charge on any atom is 0.254 e. The van der Waals surface area contributed by atoms with Crippen molar-refractivity contribution in [2.24, 2.45) is 5.73 Å². The second kappa shape index (κ2) is 5.52. The van der Waals surface area contributed by atoms with E-state index >= 15 is 0 Å². The molecule has 0 unspecified atom stereocenters. The summed E-state index contributed by atoms with van der Waals surface area (Å²) in [6, 6.07) is 11.5. The van der Waals surface area contributed by atoms with E-state index in [9.17, 15) is 4.79 Å². The molecular weight excluding hydrogens is 240 g/mol. The summed E-state index contributed by atoms with van der Waals surface area (Å²) in [5, 5.41) is 0. The number of amides is 1. The Morgan fingerprint density at radius 3 is 2.47 bits per heavy atom. The highest BCUT2D eigenvalue weighted by atomic mass is 16.5. The zero-order valence-electron chi connectivity index (χ0n) is 11.1. The summed E-state index contributed by atoms with van der Waals surface area (Å²) in [5.41, 5.74) is 8.01. The van der Waals surface area contributed by atoms with Crippen molar-refractivity contribution in [3.05, 3.63) is 59.4 Å². The minimum Gasteiger partial charge on any atom is -0.497 e. The maximum absolute atomic E-state index is 11.2. The smallest absolute Gasteiger partial charge is 0.254 e.